The Morgan fingerprint density at radius 2 is 2.25 bits per heavy atom. The molecule has 20 heavy (non-hydrogen) atoms. The van der Waals surface area contributed by atoms with Crippen molar-refractivity contribution >= 4 is 43.5 Å². The molecule has 0 aliphatic carbocycles. The average Bonchev–Trinajstić information content (AvgIpc) is 2.79. The number of nitrogens with zero attached hydrogens (tertiary/aromatic N) is 2. The molecule has 0 amide bonds. The van der Waals surface area contributed by atoms with Crippen LogP contribution in [0, 0.1) is 0 Å². The zero-order valence-corrected chi connectivity index (χ0v) is 13.4. The molecule has 0 saturated heterocycles. The Balaban J connectivity index is 2.23. The van der Waals surface area contributed by atoms with Crippen LogP contribution >= 0.6 is 27.5 Å². The van der Waals surface area contributed by atoms with Crippen molar-refractivity contribution in [2.75, 3.05) is 11.3 Å². The van der Waals surface area contributed by atoms with Gasteiger partial charge in [0.25, 0.3) is 10.0 Å². The number of sulfonamides is 1. The van der Waals surface area contributed by atoms with Gasteiger partial charge in [0.05, 0.1) is 16.5 Å². The third kappa shape index (κ3) is 3.41. The van der Waals surface area contributed by atoms with Gasteiger partial charge in [0, 0.05) is 4.47 Å². The monoisotopic (exact) mass is 380 g/mol. The lowest BCUT2D eigenvalue weighted by molar-refractivity contribution is 0.314. The van der Waals surface area contributed by atoms with Crippen molar-refractivity contribution in [3.05, 3.63) is 27.7 Å². The van der Waals surface area contributed by atoms with Gasteiger partial charge in [-0.05, 0) is 41.1 Å². The zero-order valence-electron chi connectivity index (χ0n) is 10.2. The van der Waals surface area contributed by atoms with E-state index in [1.54, 1.807) is 6.92 Å². The van der Waals surface area contributed by atoms with Gasteiger partial charge in [0.2, 0.25) is 5.95 Å². The Hall–Kier alpha value is -1.32. The third-order valence-corrected chi connectivity index (χ3v) is 4.72. The van der Waals surface area contributed by atoms with Crippen LogP contribution in [0.3, 0.4) is 0 Å². The summed E-state index contributed by atoms with van der Waals surface area (Å²) in [6.45, 7) is 2.15. The number of hydrogen-bond donors (Lipinski definition) is 2. The van der Waals surface area contributed by atoms with E-state index in [2.05, 4.69) is 35.8 Å². The van der Waals surface area contributed by atoms with Crippen LogP contribution in [0.4, 0.5) is 5.95 Å². The van der Waals surface area contributed by atoms with Crippen LogP contribution < -0.4 is 9.46 Å². The predicted molar refractivity (Wildman–Crippen MR) is 77.5 cm³/mol. The van der Waals surface area contributed by atoms with Crippen molar-refractivity contribution in [1.29, 1.82) is 0 Å². The number of halogens is 2. The van der Waals surface area contributed by atoms with Gasteiger partial charge in [-0.15, -0.1) is 5.10 Å². The van der Waals surface area contributed by atoms with E-state index in [4.69, 9.17) is 16.3 Å². The third-order valence-electron chi connectivity index (χ3n) is 2.17. The zero-order chi connectivity index (χ0) is 14.8. The fourth-order valence-electron chi connectivity index (χ4n) is 1.32. The van der Waals surface area contributed by atoms with E-state index in [9.17, 15) is 8.42 Å². The van der Waals surface area contributed by atoms with Crippen molar-refractivity contribution in [3.63, 3.8) is 0 Å². The number of benzene rings is 1. The molecule has 0 unspecified atom stereocenters. The maximum atomic E-state index is 12.1. The van der Waals surface area contributed by atoms with Crippen LogP contribution in [0.1, 0.15) is 6.92 Å². The first-order valence-corrected chi connectivity index (χ1v) is 8.11. The Labute approximate surface area is 128 Å². The molecule has 10 heteroatoms. The molecule has 0 saturated carbocycles. The second-order valence-electron chi connectivity index (χ2n) is 3.58. The van der Waals surface area contributed by atoms with Crippen molar-refractivity contribution in [3.8, 4) is 6.01 Å². The molecule has 1 aromatic heterocycles. The smallest absolute Gasteiger partial charge is 0.337 e. The summed E-state index contributed by atoms with van der Waals surface area (Å²) < 4.78 is 32.0. The number of aromatic amines is 1. The summed E-state index contributed by atoms with van der Waals surface area (Å²) >= 11 is 8.99. The molecule has 0 bridgehead atoms. The molecule has 2 N–H and O–H groups in total. The van der Waals surface area contributed by atoms with Gasteiger partial charge in [-0.3, -0.25) is 0 Å². The maximum Gasteiger partial charge on any atom is 0.337 e. The fourth-order valence-corrected chi connectivity index (χ4v) is 2.95. The topological polar surface area (TPSA) is 97.0 Å². The van der Waals surface area contributed by atoms with Crippen LogP contribution in [0.15, 0.2) is 27.6 Å². The summed E-state index contributed by atoms with van der Waals surface area (Å²) in [6, 6.07) is 4.33. The lowest BCUT2D eigenvalue weighted by Gasteiger charge is -2.05. The van der Waals surface area contributed by atoms with Gasteiger partial charge >= 0.3 is 6.01 Å². The Kier molecular flexibility index (Phi) is 4.51. The average molecular weight is 382 g/mol. The molecule has 1 heterocycles. The number of anilines is 1. The van der Waals surface area contributed by atoms with Crippen LogP contribution in [-0.2, 0) is 10.0 Å². The minimum atomic E-state index is -3.78. The lowest BCUT2D eigenvalue weighted by Crippen LogP contribution is -2.14. The largest absolute Gasteiger partial charge is 0.463 e. The number of ether oxygens (including phenoxy) is 1. The van der Waals surface area contributed by atoms with E-state index in [0.717, 1.165) is 0 Å². The van der Waals surface area contributed by atoms with Crippen LogP contribution in [0.25, 0.3) is 0 Å². The Bertz CT molecular complexity index is 719. The Morgan fingerprint density at radius 3 is 2.90 bits per heavy atom. The summed E-state index contributed by atoms with van der Waals surface area (Å²) in [5.74, 6) is -0.0282. The molecule has 108 valence electrons. The van der Waals surface area contributed by atoms with Gasteiger partial charge in [-0.1, -0.05) is 11.6 Å². The first kappa shape index (κ1) is 15.1. The second kappa shape index (κ2) is 5.98. The highest BCUT2D eigenvalue weighted by Gasteiger charge is 2.17. The minimum absolute atomic E-state index is 0.0282. The normalized spacial score (nSPS) is 11.3. The molecule has 7 nitrogen and oxygen atoms in total. The van der Waals surface area contributed by atoms with E-state index >= 15 is 0 Å². The lowest BCUT2D eigenvalue weighted by atomic mass is 10.4. The molecule has 0 spiro atoms. The van der Waals surface area contributed by atoms with E-state index in [1.807, 2.05) is 0 Å². The van der Waals surface area contributed by atoms with E-state index in [0.29, 0.717) is 16.1 Å². The van der Waals surface area contributed by atoms with Crippen LogP contribution in [-0.4, -0.2) is 30.2 Å². The van der Waals surface area contributed by atoms with Crippen molar-refractivity contribution < 1.29 is 13.2 Å². The highest BCUT2D eigenvalue weighted by atomic mass is 79.9. The minimum Gasteiger partial charge on any atom is -0.463 e. The number of nitrogens with one attached hydrogen (secondary N) is 2. The van der Waals surface area contributed by atoms with Gasteiger partial charge in [0.15, 0.2) is 0 Å². The molecule has 0 atom stereocenters. The number of aromatic nitrogens is 3. The summed E-state index contributed by atoms with van der Waals surface area (Å²) in [6.07, 6.45) is 0. The van der Waals surface area contributed by atoms with Crippen molar-refractivity contribution in [1.82, 2.24) is 15.2 Å². The SMILES string of the molecule is CCOc1n[nH]c(NS(=O)(=O)c2ccc(Cl)c(Br)c2)n1. The number of hydrogen-bond acceptors (Lipinski definition) is 5. The molecule has 0 radical (unpaired) electrons. The van der Waals surface area contributed by atoms with Gasteiger partial charge in [-0.25, -0.2) is 18.2 Å². The van der Waals surface area contributed by atoms with Crippen LogP contribution in [0.2, 0.25) is 5.02 Å². The standard InChI is InChI=1S/C10H10BrClN4O3S/c1-2-19-10-13-9(14-15-10)16-20(17,18)6-3-4-8(12)7(11)5-6/h3-5H,2H2,1H3,(H2,13,14,15,16). The molecule has 0 fully saturated rings. The van der Waals surface area contributed by atoms with Crippen LogP contribution in [0.5, 0.6) is 6.01 Å². The van der Waals surface area contributed by atoms with E-state index < -0.39 is 10.0 Å². The molecule has 0 aliphatic heterocycles. The summed E-state index contributed by atoms with van der Waals surface area (Å²) in [5, 5.41) is 6.55. The van der Waals surface area contributed by atoms with Gasteiger partial charge < -0.3 is 4.74 Å². The van der Waals surface area contributed by atoms with E-state index in [1.165, 1.54) is 18.2 Å². The maximum absolute atomic E-state index is 12.1. The molecular formula is C10H10BrClN4O3S. The highest BCUT2D eigenvalue weighted by molar-refractivity contribution is 9.10. The predicted octanol–water partition coefficient (Wildman–Crippen LogP) is 2.42. The number of H-pyrrole nitrogens is 1. The molecule has 2 rings (SSSR count). The highest BCUT2D eigenvalue weighted by Crippen LogP contribution is 2.26. The summed E-state index contributed by atoms with van der Waals surface area (Å²) in [4.78, 5) is 3.88. The first-order valence-electron chi connectivity index (χ1n) is 5.45. The summed E-state index contributed by atoms with van der Waals surface area (Å²) in [7, 11) is -3.78. The Morgan fingerprint density at radius 1 is 1.50 bits per heavy atom. The number of rotatable bonds is 5. The van der Waals surface area contributed by atoms with Gasteiger partial charge in [-0.2, -0.15) is 4.98 Å². The van der Waals surface area contributed by atoms with Gasteiger partial charge in [0.1, 0.15) is 0 Å². The molecule has 0 aliphatic rings. The molecular weight excluding hydrogens is 372 g/mol. The second-order valence-corrected chi connectivity index (χ2v) is 6.52. The molecule has 1 aromatic carbocycles. The summed E-state index contributed by atoms with van der Waals surface area (Å²) in [5.41, 5.74) is 0. The fraction of sp³-hybridized carbons (Fsp3) is 0.200. The van der Waals surface area contributed by atoms with Crippen molar-refractivity contribution in [2.24, 2.45) is 0 Å². The molecule has 2 aromatic rings. The van der Waals surface area contributed by atoms with Crippen molar-refractivity contribution in [2.45, 2.75) is 11.8 Å². The van der Waals surface area contributed by atoms with E-state index in [-0.39, 0.29) is 16.9 Å². The first-order chi connectivity index (χ1) is 9.42. The quantitative estimate of drug-likeness (QED) is 0.829.